The molecule has 0 radical (unpaired) electrons. The number of rotatable bonds is 8. The molecule has 5 heteroatoms. The summed E-state index contributed by atoms with van der Waals surface area (Å²) in [7, 11) is 3.84. The van der Waals surface area contributed by atoms with Crippen LogP contribution in [-0.2, 0) is 9.53 Å². The van der Waals surface area contributed by atoms with Crippen LogP contribution in [0.5, 0.6) is 0 Å². The van der Waals surface area contributed by atoms with Gasteiger partial charge in [-0.2, -0.15) is 0 Å². The van der Waals surface area contributed by atoms with E-state index in [4.69, 9.17) is 4.74 Å². The van der Waals surface area contributed by atoms with E-state index in [2.05, 4.69) is 22.2 Å². The minimum Gasteiger partial charge on any atom is -0.385 e. The number of piperazine rings is 1. The molecule has 1 aliphatic heterocycles. The first kappa shape index (κ1) is 15.4. The lowest BCUT2D eigenvalue weighted by Gasteiger charge is -2.32. The Kier molecular flexibility index (Phi) is 7.96. The molecule has 0 atom stereocenters. The van der Waals surface area contributed by atoms with Crippen LogP contribution in [0.25, 0.3) is 0 Å². The number of nitrogens with zero attached hydrogens (tertiary/aromatic N) is 2. The Labute approximate surface area is 110 Å². The zero-order valence-corrected chi connectivity index (χ0v) is 11.8. The normalized spacial score (nSPS) is 17.9. The van der Waals surface area contributed by atoms with Gasteiger partial charge in [0.2, 0.25) is 5.91 Å². The molecule has 1 saturated heterocycles. The maximum atomic E-state index is 11.5. The molecule has 0 saturated carbocycles. The molecule has 18 heavy (non-hydrogen) atoms. The summed E-state index contributed by atoms with van der Waals surface area (Å²) in [6.45, 7) is 7.02. The molecule has 1 aliphatic rings. The van der Waals surface area contributed by atoms with Crippen molar-refractivity contribution in [2.45, 2.75) is 19.3 Å². The predicted molar refractivity (Wildman–Crippen MR) is 72.7 cm³/mol. The molecule has 1 amide bonds. The zero-order chi connectivity index (χ0) is 13.2. The largest absolute Gasteiger partial charge is 0.385 e. The van der Waals surface area contributed by atoms with Crippen molar-refractivity contribution in [2.75, 3.05) is 60.0 Å². The van der Waals surface area contributed by atoms with Crippen LogP contribution < -0.4 is 5.32 Å². The van der Waals surface area contributed by atoms with Crippen molar-refractivity contribution in [1.82, 2.24) is 15.1 Å². The van der Waals surface area contributed by atoms with Crippen LogP contribution in [0.2, 0.25) is 0 Å². The van der Waals surface area contributed by atoms with Crippen molar-refractivity contribution in [1.29, 1.82) is 0 Å². The average molecular weight is 257 g/mol. The van der Waals surface area contributed by atoms with Gasteiger partial charge in [-0.3, -0.25) is 4.79 Å². The SMILES string of the molecule is COCCCNC(=O)CCCN1CCN(C)CC1. The van der Waals surface area contributed by atoms with Crippen LogP contribution in [0, 0.1) is 0 Å². The van der Waals surface area contributed by atoms with Crippen molar-refractivity contribution in [3.05, 3.63) is 0 Å². The third-order valence-corrected chi connectivity index (χ3v) is 3.32. The Hall–Kier alpha value is -0.650. The van der Waals surface area contributed by atoms with Crippen LogP contribution in [0.1, 0.15) is 19.3 Å². The number of carbonyl (C=O) groups excluding carboxylic acids is 1. The Balaban J connectivity index is 1.95. The molecule has 1 heterocycles. The molecule has 106 valence electrons. The van der Waals surface area contributed by atoms with E-state index in [1.165, 1.54) is 0 Å². The number of ether oxygens (including phenoxy) is 1. The highest BCUT2D eigenvalue weighted by Crippen LogP contribution is 2.01. The third-order valence-electron chi connectivity index (χ3n) is 3.32. The average Bonchev–Trinajstić information content (AvgIpc) is 2.37. The summed E-state index contributed by atoms with van der Waals surface area (Å²) in [5.74, 6) is 0.167. The summed E-state index contributed by atoms with van der Waals surface area (Å²) < 4.78 is 4.93. The first-order chi connectivity index (χ1) is 8.72. The maximum absolute atomic E-state index is 11.5. The summed E-state index contributed by atoms with van der Waals surface area (Å²) in [5.41, 5.74) is 0. The Morgan fingerprint density at radius 1 is 1.22 bits per heavy atom. The molecular formula is C13H27N3O2. The van der Waals surface area contributed by atoms with Crippen LogP contribution in [0.4, 0.5) is 0 Å². The number of methoxy groups -OCH3 is 1. The quantitative estimate of drug-likeness (QED) is 0.630. The Bertz CT molecular complexity index is 228. The van der Waals surface area contributed by atoms with Crippen molar-refractivity contribution >= 4 is 5.91 Å². The van der Waals surface area contributed by atoms with E-state index in [0.717, 1.165) is 52.1 Å². The monoisotopic (exact) mass is 257 g/mol. The molecule has 0 spiro atoms. The lowest BCUT2D eigenvalue weighted by molar-refractivity contribution is -0.121. The fourth-order valence-electron chi connectivity index (χ4n) is 2.07. The molecule has 0 aromatic rings. The first-order valence-corrected chi connectivity index (χ1v) is 6.89. The van der Waals surface area contributed by atoms with Gasteiger partial charge in [0.15, 0.2) is 0 Å². The molecule has 1 rings (SSSR count). The Morgan fingerprint density at radius 2 is 1.94 bits per heavy atom. The molecular weight excluding hydrogens is 230 g/mol. The molecule has 0 bridgehead atoms. The summed E-state index contributed by atoms with van der Waals surface area (Å²) in [4.78, 5) is 16.3. The number of hydrogen-bond donors (Lipinski definition) is 1. The zero-order valence-electron chi connectivity index (χ0n) is 11.8. The lowest BCUT2D eigenvalue weighted by atomic mass is 10.2. The van der Waals surface area contributed by atoms with Gasteiger partial charge in [0.05, 0.1) is 0 Å². The summed E-state index contributed by atoms with van der Waals surface area (Å²) in [5, 5.41) is 2.92. The second kappa shape index (κ2) is 9.30. The first-order valence-electron chi connectivity index (χ1n) is 6.89. The minimum atomic E-state index is 0.167. The van der Waals surface area contributed by atoms with E-state index in [9.17, 15) is 4.79 Å². The summed E-state index contributed by atoms with van der Waals surface area (Å²) >= 11 is 0. The predicted octanol–water partition coefficient (Wildman–Crippen LogP) is 0.167. The molecule has 0 unspecified atom stereocenters. The van der Waals surface area contributed by atoms with Gasteiger partial charge in [0.1, 0.15) is 0 Å². The van der Waals surface area contributed by atoms with E-state index in [0.29, 0.717) is 13.0 Å². The van der Waals surface area contributed by atoms with Crippen LogP contribution in [0.3, 0.4) is 0 Å². The Morgan fingerprint density at radius 3 is 2.61 bits per heavy atom. The van der Waals surface area contributed by atoms with E-state index in [1.54, 1.807) is 7.11 Å². The second-order valence-electron chi connectivity index (χ2n) is 4.94. The number of hydrogen-bond acceptors (Lipinski definition) is 4. The fraction of sp³-hybridized carbons (Fsp3) is 0.923. The summed E-state index contributed by atoms with van der Waals surface area (Å²) in [6, 6.07) is 0. The van der Waals surface area contributed by atoms with E-state index >= 15 is 0 Å². The van der Waals surface area contributed by atoms with Gasteiger partial charge in [0, 0.05) is 52.9 Å². The highest BCUT2D eigenvalue weighted by atomic mass is 16.5. The highest BCUT2D eigenvalue weighted by Gasteiger charge is 2.13. The summed E-state index contributed by atoms with van der Waals surface area (Å²) in [6.07, 6.45) is 2.49. The van der Waals surface area contributed by atoms with Gasteiger partial charge in [-0.25, -0.2) is 0 Å². The van der Waals surface area contributed by atoms with Crippen LogP contribution in [0.15, 0.2) is 0 Å². The van der Waals surface area contributed by atoms with Crippen molar-refractivity contribution in [3.8, 4) is 0 Å². The molecule has 1 N–H and O–H groups in total. The number of carbonyl (C=O) groups is 1. The van der Waals surface area contributed by atoms with Crippen molar-refractivity contribution < 1.29 is 9.53 Å². The van der Waals surface area contributed by atoms with Crippen LogP contribution in [-0.4, -0.2) is 75.7 Å². The highest BCUT2D eigenvalue weighted by molar-refractivity contribution is 5.75. The minimum absolute atomic E-state index is 0.167. The van der Waals surface area contributed by atoms with Gasteiger partial charge >= 0.3 is 0 Å². The molecule has 0 aliphatic carbocycles. The topological polar surface area (TPSA) is 44.8 Å². The lowest BCUT2D eigenvalue weighted by Crippen LogP contribution is -2.44. The van der Waals surface area contributed by atoms with E-state index in [-0.39, 0.29) is 5.91 Å². The maximum Gasteiger partial charge on any atom is 0.220 e. The number of likely N-dealkylation sites (N-methyl/N-ethyl adjacent to an activating group) is 1. The van der Waals surface area contributed by atoms with Crippen LogP contribution >= 0.6 is 0 Å². The standard InChI is InChI=1S/C13H27N3O2/c1-15-8-10-16(11-9-15)7-3-5-13(17)14-6-4-12-18-2/h3-12H2,1-2H3,(H,14,17). The van der Waals surface area contributed by atoms with Crippen molar-refractivity contribution in [2.24, 2.45) is 0 Å². The van der Waals surface area contributed by atoms with Gasteiger partial charge < -0.3 is 19.9 Å². The molecule has 1 fully saturated rings. The number of amides is 1. The van der Waals surface area contributed by atoms with Gasteiger partial charge in [0.25, 0.3) is 0 Å². The van der Waals surface area contributed by atoms with Crippen molar-refractivity contribution in [3.63, 3.8) is 0 Å². The molecule has 5 nitrogen and oxygen atoms in total. The van der Waals surface area contributed by atoms with Gasteiger partial charge in [-0.05, 0) is 26.4 Å². The van der Waals surface area contributed by atoms with E-state index < -0.39 is 0 Å². The molecule has 0 aromatic carbocycles. The smallest absolute Gasteiger partial charge is 0.220 e. The van der Waals surface area contributed by atoms with E-state index in [1.807, 2.05) is 0 Å². The van der Waals surface area contributed by atoms with Gasteiger partial charge in [-0.1, -0.05) is 0 Å². The van der Waals surface area contributed by atoms with Gasteiger partial charge in [-0.15, -0.1) is 0 Å². The number of nitrogens with one attached hydrogen (secondary N) is 1. The molecule has 0 aromatic heterocycles. The second-order valence-corrected chi connectivity index (χ2v) is 4.94. The fourth-order valence-corrected chi connectivity index (χ4v) is 2.07. The third kappa shape index (κ3) is 6.93.